The number of carbonyl (C=O) groups is 2. The van der Waals surface area contributed by atoms with E-state index in [0.717, 1.165) is 22.0 Å². The number of hydrogen-bond acceptors (Lipinski definition) is 6. The second-order valence-corrected chi connectivity index (χ2v) is 7.68. The summed E-state index contributed by atoms with van der Waals surface area (Å²) in [4.78, 5) is 41.6. The van der Waals surface area contributed by atoms with Gasteiger partial charge < -0.3 is 9.80 Å². The summed E-state index contributed by atoms with van der Waals surface area (Å²) in [5, 5.41) is 2.79. The molecule has 0 N–H and O–H groups in total. The van der Waals surface area contributed by atoms with Gasteiger partial charge in [-0.25, -0.2) is 4.98 Å². The van der Waals surface area contributed by atoms with Crippen LogP contribution >= 0.6 is 11.3 Å². The second kappa shape index (κ2) is 8.91. The molecule has 2 amide bonds. The first-order valence-corrected chi connectivity index (χ1v) is 10.4. The predicted octanol–water partition coefficient (Wildman–Crippen LogP) is 2.06. The van der Waals surface area contributed by atoms with Crippen LogP contribution in [0.4, 0.5) is 0 Å². The van der Waals surface area contributed by atoms with E-state index in [4.69, 9.17) is 0 Å². The molecule has 0 radical (unpaired) electrons. The van der Waals surface area contributed by atoms with Crippen molar-refractivity contribution in [3.63, 3.8) is 0 Å². The molecule has 4 heterocycles. The van der Waals surface area contributed by atoms with Crippen LogP contribution in [0, 0.1) is 0 Å². The molecule has 1 saturated heterocycles. The molecular formula is C21H21N5O2S. The van der Waals surface area contributed by atoms with Crippen molar-refractivity contribution in [1.29, 1.82) is 0 Å². The minimum atomic E-state index is 0.0462. The van der Waals surface area contributed by atoms with Crippen LogP contribution < -0.4 is 0 Å². The van der Waals surface area contributed by atoms with Crippen LogP contribution in [0.3, 0.4) is 0 Å². The van der Waals surface area contributed by atoms with Crippen molar-refractivity contribution in [2.75, 3.05) is 26.2 Å². The number of aromatic nitrogens is 3. The molecule has 29 heavy (non-hydrogen) atoms. The van der Waals surface area contributed by atoms with Crippen LogP contribution in [-0.2, 0) is 22.4 Å². The summed E-state index contributed by atoms with van der Waals surface area (Å²) in [6, 6.07) is 9.39. The fourth-order valence-electron chi connectivity index (χ4n) is 3.25. The van der Waals surface area contributed by atoms with E-state index in [0.29, 0.717) is 32.6 Å². The lowest BCUT2D eigenvalue weighted by Gasteiger charge is -2.34. The molecule has 0 bridgehead atoms. The molecule has 0 atom stereocenters. The van der Waals surface area contributed by atoms with Crippen molar-refractivity contribution in [1.82, 2.24) is 24.8 Å². The molecule has 0 aliphatic carbocycles. The van der Waals surface area contributed by atoms with Crippen molar-refractivity contribution >= 4 is 23.2 Å². The Hall–Kier alpha value is -3.13. The fraction of sp³-hybridized carbons (Fsp3) is 0.286. The number of thiazole rings is 1. The van der Waals surface area contributed by atoms with E-state index < -0.39 is 0 Å². The summed E-state index contributed by atoms with van der Waals surface area (Å²) in [6.07, 6.45) is 5.76. The highest BCUT2D eigenvalue weighted by Gasteiger charge is 2.24. The number of hydrogen-bond donors (Lipinski definition) is 0. The van der Waals surface area contributed by atoms with E-state index >= 15 is 0 Å². The maximum Gasteiger partial charge on any atom is 0.228 e. The van der Waals surface area contributed by atoms with E-state index in [-0.39, 0.29) is 18.2 Å². The predicted molar refractivity (Wildman–Crippen MR) is 110 cm³/mol. The van der Waals surface area contributed by atoms with Gasteiger partial charge in [0.2, 0.25) is 11.8 Å². The van der Waals surface area contributed by atoms with Crippen molar-refractivity contribution in [2.45, 2.75) is 12.8 Å². The smallest absolute Gasteiger partial charge is 0.228 e. The molecule has 1 fully saturated rings. The average molecular weight is 407 g/mol. The highest BCUT2D eigenvalue weighted by Crippen LogP contribution is 2.23. The van der Waals surface area contributed by atoms with E-state index in [1.807, 2.05) is 45.5 Å². The van der Waals surface area contributed by atoms with Gasteiger partial charge in [0.15, 0.2) is 0 Å². The summed E-state index contributed by atoms with van der Waals surface area (Å²) in [6.45, 7) is 2.20. The van der Waals surface area contributed by atoms with Crippen molar-refractivity contribution in [2.24, 2.45) is 0 Å². The number of amides is 2. The molecule has 0 saturated carbocycles. The first-order chi connectivity index (χ1) is 14.2. The molecule has 0 unspecified atom stereocenters. The van der Waals surface area contributed by atoms with Gasteiger partial charge in [-0.05, 0) is 24.3 Å². The van der Waals surface area contributed by atoms with Crippen LogP contribution in [0.2, 0.25) is 0 Å². The van der Waals surface area contributed by atoms with Gasteiger partial charge in [0.25, 0.3) is 0 Å². The summed E-state index contributed by atoms with van der Waals surface area (Å²) in [7, 11) is 0. The van der Waals surface area contributed by atoms with Crippen LogP contribution in [0.5, 0.6) is 0 Å². The van der Waals surface area contributed by atoms with Gasteiger partial charge in [0.05, 0.1) is 18.5 Å². The molecule has 1 aliphatic rings. The minimum absolute atomic E-state index is 0.0462. The molecule has 148 valence electrons. The van der Waals surface area contributed by atoms with Gasteiger partial charge in [-0.15, -0.1) is 11.3 Å². The fourth-order valence-corrected chi connectivity index (χ4v) is 4.06. The first kappa shape index (κ1) is 19.2. The molecule has 3 aromatic heterocycles. The third-order valence-corrected chi connectivity index (χ3v) is 5.78. The molecule has 4 rings (SSSR count). The summed E-state index contributed by atoms with van der Waals surface area (Å²) < 4.78 is 0. The lowest BCUT2D eigenvalue weighted by atomic mass is 10.2. The highest BCUT2D eigenvalue weighted by atomic mass is 32.1. The third kappa shape index (κ3) is 4.83. The van der Waals surface area contributed by atoms with Crippen LogP contribution in [0.15, 0.2) is 54.3 Å². The normalized spacial score (nSPS) is 14.1. The largest absolute Gasteiger partial charge is 0.339 e. The minimum Gasteiger partial charge on any atom is -0.339 e. The quantitative estimate of drug-likeness (QED) is 0.647. The van der Waals surface area contributed by atoms with Crippen molar-refractivity contribution in [3.8, 4) is 10.6 Å². The average Bonchev–Trinajstić information content (AvgIpc) is 3.23. The van der Waals surface area contributed by atoms with Gasteiger partial charge in [-0.2, -0.15) is 0 Å². The molecule has 1 aliphatic heterocycles. The maximum atomic E-state index is 12.6. The van der Waals surface area contributed by atoms with E-state index in [2.05, 4.69) is 15.0 Å². The lowest BCUT2D eigenvalue weighted by Crippen LogP contribution is -2.51. The Labute approximate surface area is 173 Å². The summed E-state index contributed by atoms with van der Waals surface area (Å²) in [5.74, 6) is 0.0984. The van der Waals surface area contributed by atoms with Gasteiger partial charge >= 0.3 is 0 Å². The topological polar surface area (TPSA) is 79.3 Å². The van der Waals surface area contributed by atoms with Crippen LogP contribution in [0.25, 0.3) is 10.6 Å². The van der Waals surface area contributed by atoms with Crippen LogP contribution in [-0.4, -0.2) is 62.7 Å². The Morgan fingerprint density at radius 1 is 0.897 bits per heavy atom. The molecule has 3 aromatic rings. The number of piperazine rings is 1. The zero-order valence-corrected chi connectivity index (χ0v) is 16.7. The number of rotatable bonds is 5. The SMILES string of the molecule is O=C(Cc1ccccn1)N1CCN(C(=O)Cc2csc(-c3cccnc3)n2)CC1. The lowest BCUT2D eigenvalue weighted by molar-refractivity contribution is -0.138. The molecule has 0 spiro atoms. The van der Waals surface area contributed by atoms with Gasteiger partial charge in [-0.1, -0.05) is 6.07 Å². The Bertz CT molecular complexity index is 969. The number of nitrogens with zero attached hydrogens (tertiary/aromatic N) is 5. The van der Waals surface area contributed by atoms with E-state index in [1.165, 1.54) is 11.3 Å². The van der Waals surface area contributed by atoms with E-state index in [9.17, 15) is 9.59 Å². The van der Waals surface area contributed by atoms with E-state index in [1.54, 1.807) is 18.6 Å². The second-order valence-electron chi connectivity index (χ2n) is 6.82. The monoisotopic (exact) mass is 407 g/mol. The molecule has 0 aromatic carbocycles. The summed E-state index contributed by atoms with van der Waals surface area (Å²) >= 11 is 1.52. The standard InChI is InChI=1S/C21H21N5O2S/c27-19(12-17-5-1-2-7-23-17)25-8-10-26(11-9-25)20(28)13-18-15-29-21(24-18)16-4-3-6-22-14-16/h1-7,14-15H,8-13H2. The number of pyridine rings is 2. The van der Waals surface area contributed by atoms with Crippen molar-refractivity contribution < 1.29 is 9.59 Å². The zero-order chi connectivity index (χ0) is 20.1. The highest BCUT2D eigenvalue weighted by molar-refractivity contribution is 7.13. The molecule has 8 heteroatoms. The Morgan fingerprint density at radius 3 is 2.24 bits per heavy atom. The third-order valence-electron chi connectivity index (χ3n) is 4.84. The summed E-state index contributed by atoms with van der Waals surface area (Å²) in [5.41, 5.74) is 2.49. The number of carbonyl (C=O) groups excluding carboxylic acids is 2. The Morgan fingerprint density at radius 2 is 1.62 bits per heavy atom. The Balaban J connectivity index is 1.28. The molecular weight excluding hydrogens is 386 g/mol. The Kier molecular flexibility index (Phi) is 5.90. The van der Waals surface area contributed by atoms with Crippen molar-refractivity contribution in [3.05, 3.63) is 65.7 Å². The zero-order valence-electron chi connectivity index (χ0n) is 15.9. The van der Waals surface area contributed by atoms with Gasteiger partial charge in [0.1, 0.15) is 5.01 Å². The van der Waals surface area contributed by atoms with Gasteiger partial charge in [-0.3, -0.25) is 19.6 Å². The first-order valence-electron chi connectivity index (χ1n) is 9.49. The molecule has 7 nitrogen and oxygen atoms in total. The van der Waals surface area contributed by atoms with Gasteiger partial charge in [0, 0.05) is 61.4 Å². The maximum absolute atomic E-state index is 12.6. The van der Waals surface area contributed by atoms with Crippen LogP contribution in [0.1, 0.15) is 11.4 Å².